The highest BCUT2D eigenvalue weighted by molar-refractivity contribution is 6.04. The number of amides is 1. The van der Waals surface area contributed by atoms with Crippen molar-refractivity contribution in [3.8, 4) is 17.9 Å². The molecule has 0 fully saturated rings. The van der Waals surface area contributed by atoms with Gasteiger partial charge in [0.25, 0.3) is 0 Å². The maximum atomic E-state index is 11.8. The van der Waals surface area contributed by atoms with Crippen molar-refractivity contribution in [3.05, 3.63) is 35.4 Å². The first-order valence-electron chi connectivity index (χ1n) is 6.58. The van der Waals surface area contributed by atoms with E-state index in [0.717, 1.165) is 17.7 Å². The fourth-order valence-electron chi connectivity index (χ4n) is 1.96. The number of nitriles is 1. The number of hydrazone groups is 1. The zero-order chi connectivity index (χ0) is 14.4. The summed E-state index contributed by atoms with van der Waals surface area (Å²) in [6.45, 7) is 2.29. The lowest BCUT2D eigenvalue weighted by atomic mass is 10.0. The van der Waals surface area contributed by atoms with Gasteiger partial charge in [-0.3, -0.25) is 4.79 Å². The number of benzene rings is 1. The van der Waals surface area contributed by atoms with Gasteiger partial charge in [0.2, 0.25) is 5.91 Å². The molecule has 0 atom stereocenters. The van der Waals surface area contributed by atoms with Crippen LogP contribution in [0.2, 0.25) is 0 Å². The predicted octanol–water partition coefficient (Wildman–Crippen LogP) is 2.30. The van der Waals surface area contributed by atoms with Crippen molar-refractivity contribution in [2.45, 2.75) is 26.2 Å². The molecule has 20 heavy (non-hydrogen) atoms. The second-order valence-electron chi connectivity index (χ2n) is 4.40. The van der Waals surface area contributed by atoms with Gasteiger partial charge in [0.15, 0.2) is 0 Å². The molecular formula is C16H15N3O. The topological polar surface area (TPSA) is 56.5 Å². The number of hydrogen-bond donors (Lipinski definition) is 0. The van der Waals surface area contributed by atoms with Crippen LogP contribution in [-0.4, -0.2) is 23.2 Å². The summed E-state index contributed by atoms with van der Waals surface area (Å²) in [7, 11) is 0. The molecule has 1 aliphatic heterocycles. The second kappa shape index (κ2) is 6.54. The highest BCUT2D eigenvalue weighted by Gasteiger charge is 2.20. The lowest BCUT2D eigenvalue weighted by Crippen LogP contribution is -2.32. The molecule has 0 N–H and O–H groups in total. The summed E-state index contributed by atoms with van der Waals surface area (Å²) in [5.74, 6) is 5.85. The molecule has 100 valence electrons. The van der Waals surface area contributed by atoms with E-state index in [0.29, 0.717) is 24.9 Å². The Kier molecular flexibility index (Phi) is 4.52. The SMILES string of the molecule is CCC#CCN1N=C(c2cccc(C#N)c2)CCC1=O. The molecule has 0 saturated carbocycles. The Bertz CT molecular complexity index is 644. The Morgan fingerprint density at radius 3 is 2.95 bits per heavy atom. The quantitative estimate of drug-likeness (QED) is 0.770. The number of hydrogen-bond acceptors (Lipinski definition) is 3. The third kappa shape index (κ3) is 3.24. The van der Waals surface area contributed by atoms with Gasteiger partial charge in [0.05, 0.1) is 17.3 Å². The van der Waals surface area contributed by atoms with Gasteiger partial charge in [0, 0.05) is 19.3 Å². The normalized spacial score (nSPS) is 14.1. The van der Waals surface area contributed by atoms with E-state index in [1.807, 2.05) is 19.1 Å². The van der Waals surface area contributed by atoms with Crippen molar-refractivity contribution in [1.82, 2.24) is 5.01 Å². The predicted molar refractivity (Wildman–Crippen MR) is 76.7 cm³/mol. The van der Waals surface area contributed by atoms with E-state index in [1.54, 1.807) is 12.1 Å². The lowest BCUT2D eigenvalue weighted by Gasteiger charge is -2.21. The van der Waals surface area contributed by atoms with Gasteiger partial charge < -0.3 is 0 Å². The van der Waals surface area contributed by atoms with Crippen LogP contribution in [0.15, 0.2) is 29.4 Å². The summed E-state index contributed by atoms with van der Waals surface area (Å²) in [5.41, 5.74) is 2.32. The number of carbonyl (C=O) groups excluding carboxylic acids is 1. The summed E-state index contributed by atoms with van der Waals surface area (Å²) in [5, 5.41) is 14.7. The molecular weight excluding hydrogens is 250 g/mol. The maximum Gasteiger partial charge on any atom is 0.243 e. The van der Waals surface area contributed by atoms with Crippen LogP contribution in [0.25, 0.3) is 0 Å². The number of rotatable bonds is 2. The Labute approximate surface area is 118 Å². The minimum absolute atomic E-state index is 0.00408. The summed E-state index contributed by atoms with van der Waals surface area (Å²) >= 11 is 0. The third-order valence-electron chi connectivity index (χ3n) is 2.96. The molecule has 0 radical (unpaired) electrons. The number of carbonyl (C=O) groups is 1. The van der Waals surface area contributed by atoms with Gasteiger partial charge in [-0.2, -0.15) is 10.4 Å². The van der Waals surface area contributed by atoms with Gasteiger partial charge in [-0.1, -0.05) is 25.0 Å². The monoisotopic (exact) mass is 265 g/mol. The highest BCUT2D eigenvalue weighted by Crippen LogP contribution is 2.16. The summed E-state index contributed by atoms with van der Waals surface area (Å²) in [6.07, 6.45) is 1.80. The molecule has 4 heteroatoms. The molecule has 0 saturated heterocycles. The minimum atomic E-state index is -0.00408. The second-order valence-corrected chi connectivity index (χ2v) is 4.40. The molecule has 1 aliphatic rings. The van der Waals surface area contributed by atoms with E-state index in [4.69, 9.17) is 5.26 Å². The van der Waals surface area contributed by atoms with Crippen molar-refractivity contribution in [2.24, 2.45) is 5.10 Å². The largest absolute Gasteiger partial charge is 0.273 e. The van der Waals surface area contributed by atoms with Gasteiger partial charge in [-0.25, -0.2) is 5.01 Å². The molecule has 0 unspecified atom stereocenters. The average Bonchev–Trinajstić information content (AvgIpc) is 2.49. The van der Waals surface area contributed by atoms with Crippen LogP contribution in [0.4, 0.5) is 0 Å². The van der Waals surface area contributed by atoms with E-state index in [1.165, 1.54) is 5.01 Å². The standard InChI is InChI=1S/C16H15N3O/c1-2-3-4-10-19-16(20)9-8-15(18-19)14-7-5-6-13(11-14)12-17/h5-7,11H,2,8-10H2,1H3. The summed E-state index contributed by atoms with van der Waals surface area (Å²) < 4.78 is 0. The molecule has 4 nitrogen and oxygen atoms in total. The maximum absolute atomic E-state index is 11.8. The molecule has 1 aromatic carbocycles. The van der Waals surface area contributed by atoms with Crippen LogP contribution in [0.1, 0.15) is 37.3 Å². The Morgan fingerprint density at radius 2 is 2.20 bits per heavy atom. The Morgan fingerprint density at radius 1 is 1.35 bits per heavy atom. The molecule has 1 aromatic rings. The van der Waals surface area contributed by atoms with E-state index < -0.39 is 0 Å². The Balaban J connectivity index is 2.24. The summed E-state index contributed by atoms with van der Waals surface area (Å²) in [4.78, 5) is 11.8. The first-order valence-corrected chi connectivity index (χ1v) is 6.58. The van der Waals surface area contributed by atoms with Crippen molar-refractivity contribution < 1.29 is 4.79 Å². The van der Waals surface area contributed by atoms with Crippen LogP contribution in [0, 0.1) is 23.2 Å². The van der Waals surface area contributed by atoms with Gasteiger partial charge in [0.1, 0.15) is 6.54 Å². The first-order chi connectivity index (χ1) is 9.74. The van der Waals surface area contributed by atoms with E-state index in [-0.39, 0.29) is 5.91 Å². The number of nitrogens with zero attached hydrogens (tertiary/aromatic N) is 3. The smallest absolute Gasteiger partial charge is 0.243 e. The van der Waals surface area contributed by atoms with Gasteiger partial charge >= 0.3 is 0 Å². The average molecular weight is 265 g/mol. The molecule has 2 rings (SSSR count). The molecule has 1 amide bonds. The zero-order valence-electron chi connectivity index (χ0n) is 11.4. The zero-order valence-corrected chi connectivity index (χ0v) is 11.4. The van der Waals surface area contributed by atoms with Crippen molar-refractivity contribution >= 4 is 11.6 Å². The highest BCUT2D eigenvalue weighted by atomic mass is 16.2. The van der Waals surface area contributed by atoms with Crippen molar-refractivity contribution in [3.63, 3.8) is 0 Å². The van der Waals surface area contributed by atoms with Crippen molar-refractivity contribution in [1.29, 1.82) is 5.26 Å². The molecule has 0 aromatic heterocycles. The molecule has 0 bridgehead atoms. The third-order valence-corrected chi connectivity index (χ3v) is 2.96. The molecule has 0 spiro atoms. The van der Waals surface area contributed by atoms with Crippen LogP contribution >= 0.6 is 0 Å². The Hall–Kier alpha value is -2.59. The van der Waals surface area contributed by atoms with Crippen LogP contribution in [0.5, 0.6) is 0 Å². The lowest BCUT2D eigenvalue weighted by molar-refractivity contribution is -0.131. The van der Waals surface area contributed by atoms with E-state index >= 15 is 0 Å². The van der Waals surface area contributed by atoms with E-state index in [2.05, 4.69) is 23.0 Å². The van der Waals surface area contributed by atoms with Crippen LogP contribution in [0.3, 0.4) is 0 Å². The fourth-order valence-corrected chi connectivity index (χ4v) is 1.96. The van der Waals surface area contributed by atoms with E-state index in [9.17, 15) is 4.79 Å². The van der Waals surface area contributed by atoms with Gasteiger partial charge in [-0.05, 0) is 17.7 Å². The first kappa shape index (κ1) is 13.8. The van der Waals surface area contributed by atoms with Crippen LogP contribution < -0.4 is 0 Å². The van der Waals surface area contributed by atoms with Crippen LogP contribution in [-0.2, 0) is 4.79 Å². The van der Waals surface area contributed by atoms with Crippen molar-refractivity contribution in [2.75, 3.05) is 6.54 Å². The van der Waals surface area contributed by atoms with Gasteiger partial charge in [-0.15, -0.1) is 5.92 Å². The molecule has 0 aliphatic carbocycles. The molecule has 1 heterocycles. The fraction of sp³-hybridized carbons (Fsp3) is 0.312. The minimum Gasteiger partial charge on any atom is -0.273 e. The summed E-state index contributed by atoms with van der Waals surface area (Å²) in [6, 6.07) is 9.39.